The van der Waals surface area contributed by atoms with Crippen LogP contribution in [-0.4, -0.2) is 71.8 Å². The molecule has 0 bridgehead atoms. The van der Waals surface area contributed by atoms with Gasteiger partial charge in [-0.15, -0.1) is 0 Å². The average Bonchev–Trinajstić information content (AvgIpc) is 3.49. The molecule has 168 valence electrons. The van der Waals surface area contributed by atoms with Crippen LogP contribution in [0.5, 0.6) is 0 Å². The van der Waals surface area contributed by atoms with Crippen molar-refractivity contribution in [3.8, 4) is 0 Å². The lowest BCUT2D eigenvalue weighted by molar-refractivity contribution is -0.139. The Bertz CT molecular complexity index is 781. The number of carbonyl (C=O) groups excluding carboxylic acids is 2. The number of fused-ring (bicyclic) bond motifs is 1. The summed E-state index contributed by atoms with van der Waals surface area (Å²) in [7, 11) is 0. The number of hydrogen-bond acceptors (Lipinski definition) is 3. The van der Waals surface area contributed by atoms with E-state index in [1.54, 1.807) is 0 Å². The van der Waals surface area contributed by atoms with E-state index in [9.17, 15) is 9.59 Å². The Morgan fingerprint density at radius 3 is 2.32 bits per heavy atom. The molecule has 1 aromatic rings. The van der Waals surface area contributed by atoms with Crippen LogP contribution in [0, 0.1) is 5.92 Å². The summed E-state index contributed by atoms with van der Waals surface area (Å²) < 4.78 is 0. The zero-order valence-corrected chi connectivity index (χ0v) is 18.8. The van der Waals surface area contributed by atoms with Crippen molar-refractivity contribution >= 4 is 11.8 Å². The van der Waals surface area contributed by atoms with E-state index in [2.05, 4.69) is 39.0 Å². The highest BCUT2D eigenvalue weighted by Gasteiger charge is 2.45. The fourth-order valence-electron chi connectivity index (χ4n) is 6.60. The van der Waals surface area contributed by atoms with Gasteiger partial charge in [-0.2, -0.15) is 0 Å². The molecule has 2 amide bonds. The first-order valence-corrected chi connectivity index (χ1v) is 12.5. The minimum atomic E-state index is -0.315. The van der Waals surface area contributed by atoms with Gasteiger partial charge in [0, 0.05) is 45.2 Å². The first kappa shape index (κ1) is 21.0. The summed E-state index contributed by atoms with van der Waals surface area (Å²) in [5.41, 5.74) is 0.881. The molecule has 0 aromatic heterocycles. The van der Waals surface area contributed by atoms with Gasteiger partial charge >= 0.3 is 0 Å². The molecule has 1 aliphatic carbocycles. The summed E-state index contributed by atoms with van der Waals surface area (Å²) >= 11 is 0. The Morgan fingerprint density at radius 1 is 0.839 bits per heavy atom. The summed E-state index contributed by atoms with van der Waals surface area (Å²) in [6, 6.07) is 11.0. The summed E-state index contributed by atoms with van der Waals surface area (Å²) in [6.45, 7) is 5.69. The van der Waals surface area contributed by atoms with Crippen molar-refractivity contribution in [2.24, 2.45) is 5.92 Å². The SMILES string of the molecule is O=C(CC1CCN(C(=O)C2(c3ccccc3)CCCC2)CC1)N1CCN2CCC[C@H]2C1. The normalized spacial score (nSPS) is 26.8. The maximum absolute atomic E-state index is 13.7. The molecule has 5 rings (SSSR count). The van der Waals surface area contributed by atoms with Crippen molar-refractivity contribution in [1.82, 2.24) is 14.7 Å². The first-order valence-electron chi connectivity index (χ1n) is 12.5. The topological polar surface area (TPSA) is 43.9 Å². The van der Waals surface area contributed by atoms with Crippen molar-refractivity contribution in [1.29, 1.82) is 0 Å². The number of hydrogen-bond donors (Lipinski definition) is 0. The van der Waals surface area contributed by atoms with E-state index in [0.29, 0.717) is 30.2 Å². The van der Waals surface area contributed by atoms with Gasteiger partial charge in [0.1, 0.15) is 0 Å². The van der Waals surface area contributed by atoms with Gasteiger partial charge in [-0.1, -0.05) is 43.2 Å². The molecule has 0 N–H and O–H groups in total. The average molecular weight is 424 g/mol. The summed E-state index contributed by atoms with van der Waals surface area (Å²) in [6.07, 6.45) is 9.34. The number of benzene rings is 1. The molecule has 5 heteroatoms. The second kappa shape index (κ2) is 8.93. The molecule has 4 fully saturated rings. The predicted octanol–water partition coefficient (Wildman–Crippen LogP) is 3.43. The zero-order valence-electron chi connectivity index (χ0n) is 18.8. The van der Waals surface area contributed by atoms with Crippen LogP contribution in [0.1, 0.15) is 63.4 Å². The van der Waals surface area contributed by atoms with Crippen LogP contribution in [0.4, 0.5) is 0 Å². The summed E-state index contributed by atoms with van der Waals surface area (Å²) in [5.74, 6) is 1.10. The quantitative estimate of drug-likeness (QED) is 0.745. The second-order valence-electron chi connectivity index (χ2n) is 10.3. The molecule has 3 heterocycles. The Morgan fingerprint density at radius 2 is 1.58 bits per heavy atom. The van der Waals surface area contributed by atoms with Crippen molar-refractivity contribution in [2.45, 2.75) is 69.2 Å². The van der Waals surface area contributed by atoms with Crippen molar-refractivity contribution in [2.75, 3.05) is 39.3 Å². The zero-order chi connectivity index (χ0) is 21.3. The maximum Gasteiger partial charge on any atom is 0.233 e. The molecule has 3 aliphatic heterocycles. The van der Waals surface area contributed by atoms with Crippen molar-refractivity contribution in [3.63, 3.8) is 0 Å². The molecule has 0 radical (unpaired) electrons. The number of nitrogens with zero attached hydrogens (tertiary/aromatic N) is 3. The van der Waals surface area contributed by atoms with E-state index < -0.39 is 0 Å². The van der Waals surface area contributed by atoms with Crippen LogP contribution >= 0.6 is 0 Å². The number of piperazine rings is 1. The largest absolute Gasteiger partial charge is 0.342 e. The highest BCUT2D eigenvalue weighted by Crippen LogP contribution is 2.43. The molecule has 1 saturated carbocycles. The molecular weight excluding hydrogens is 386 g/mol. The number of amides is 2. The molecule has 0 unspecified atom stereocenters. The fraction of sp³-hybridized carbons (Fsp3) is 0.692. The number of piperidine rings is 1. The molecule has 4 aliphatic rings. The summed E-state index contributed by atoms with van der Waals surface area (Å²) in [5, 5.41) is 0. The standard InChI is InChI=1S/C26H37N3O2/c30-24(29-18-17-27-14-6-9-23(27)20-29)19-21-10-15-28(16-11-21)25(31)26(12-4-5-13-26)22-7-2-1-3-8-22/h1-3,7-8,21,23H,4-6,9-20H2/t23-/m0/s1. The maximum atomic E-state index is 13.7. The van der Waals surface area contributed by atoms with Gasteiger partial charge in [0.15, 0.2) is 0 Å². The lowest BCUT2D eigenvalue weighted by atomic mass is 9.77. The van der Waals surface area contributed by atoms with E-state index >= 15 is 0 Å². The molecule has 1 atom stereocenters. The molecule has 5 nitrogen and oxygen atoms in total. The number of rotatable bonds is 4. The van der Waals surface area contributed by atoms with Crippen LogP contribution in [0.25, 0.3) is 0 Å². The van der Waals surface area contributed by atoms with Crippen LogP contribution in [-0.2, 0) is 15.0 Å². The highest BCUT2D eigenvalue weighted by atomic mass is 16.2. The third kappa shape index (κ3) is 4.13. The lowest BCUT2D eigenvalue weighted by Gasteiger charge is -2.40. The van der Waals surface area contributed by atoms with E-state index in [-0.39, 0.29) is 5.41 Å². The molecule has 1 aromatic carbocycles. The van der Waals surface area contributed by atoms with Gasteiger partial charge in [0.05, 0.1) is 5.41 Å². The Labute approximate surface area is 186 Å². The second-order valence-corrected chi connectivity index (χ2v) is 10.3. The molecular formula is C26H37N3O2. The van der Waals surface area contributed by atoms with Gasteiger partial charge in [0.25, 0.3) is 0 Å². The van der Waals surface area contributed by atoms with Crippen LogP contribution in [0.15, 0.2) is 30.3 Å². The van der Waals surface area contributed by atoms with Gasteiger partial charge < -0.3 is 9.80 Å². The van der Waals surface area contributed by atoms with Crippen molar-refractivity contribution < 1.29 is 9.59 Å². The third-order valence-corrected chi connectivity index (χ3v) is 8.50. The van der Waals surface area contributed by atoms with Gasteiger partial charge in [-0.05, 0) is 56.6 Å². The first-order chi connectivity index (χ1) is 15.2. The van der Waals surface area contributed by atoms with Gasteiger partial charge in [0.2, 0.25) is 11.8 Å². The van der Waals surface area contributed by atoms with Crippen LogP contribution in [0.3, 0.4) is 0 Å². The van der Waals surface area contributed by atoms with E-state index in [0.717, 1.165) is 71.2 Å². The molecule has 3 saturated heterocycles. The third-order valence-electron chi connectivity index (χ3n) is 8.50. The minimum Gasteiger partial charge on any atom is -0.342 e. The minimum absolute atomic E-state index is 0.315. The Hall–Kier alpha value is -1.88. The van der Waals surface area contributed by atoms with E-state index in [1.807, 2.05) is 6.07 Å². The van der Waals surface area contributed by atoms with Gasteiger partial charge in [-0.3, -0.25) is 14.5 Å². The predicted molar refractivity (Wildman–Crippen MR) is 122 cm³/mol. The molecule has 0 spiro atoms. The lowest BCUT2D eigenvalue weighted by Crippen LogP contribution is -2.52. The van der Waals surface area contributed by atoms with Crippen molar-refractivity contribution in [3.05, 3.63) is 35.9 Å². The Kier molecular flexibility index (Phi) is 6.05. The highest BCUT2D eigenvalue weighted by molar-refractivity contribution is 5.88. The van der Waals surface area contributed by atoms with Crippen LogP contribution in [0.2, 0.25) is 0 Å². The van der Waals surface area contributed by atoms with E-state index in [1.165, 1.54) is 24.9 Å². The summed E-state index contributed by atoms with van der Waals surface area (Å²) in [4.78, 5) is 33.4. The fourth-order valence-corrected chi connectivity index (χ4v) is 6.60. The monoisotopic (exact) mass is 423 g/mol. The number of carbonyl (C=O) groups is 2. The number of likely N-dealkylation sites (tertiary alicyclic amines) is 1. The van der Waals surface area contributed by atoms with E-state index in [4.69, 9.17) is 0 Å². The Balaban J connectivity index is 1.16. The van der Waals surface area contributed by atoms with Crippen LogP contribution < -0.4 is 0 Å². The smallest absolute Gasteiger partial charge is 0.233 e. The molecule has 31 heavy (non-hydrogen) atoms. The van der Waals surface area contributed by atoms with Gasteiger partial charge in [-0.25, -0.2) is 0 Å².